The van der Waals surface area contributed by atoms with Gasteiger partial charge in [-0.05, 0) is 54.8 Å². The maximum absolute atomic E-state index is 13.1. The summed E-state index contributed by atoms with van der Waals surface area (Å²) in [7, 11) is -3.85. The number of nitrogens with one attached hydrogen (secondary N) is 1. The van der Waals surface area contributed by atoms with Crippen molar-refractivity contribution in [2.45, 2.75) is 30.3 Å². The van der Waals surface area contributed by atoms with Gasteiger partial charge in [-0.15, -0.1) is 0 Å². The van der Waals surface area contributed by atoms with E-state index in [1.165, 1.54) is 16.4 Å². The summed E-state index contributed by atoms with van der Waals surface area (Å²) in [5.74, 6) is -0.864. The second-order valence-electron chi connectivity index (χ2n) is 6.19. The van der Waals surface area contributed by atoms with Gasteiger partial charge in [0.05, 0.1) is 4.90 Å². The maximum Gasteiger partial charge on any atom is 0.243 e. The summed E-state index contributed by atoms with van der Waals surface area (Å²) in [6.45, 7) is 0.529. The molecule has 1 amide bonds. The average molecular weight is 377 g/mol. The van der Waals surface area contributed by atoms with E-state index in [1.54, 1.807) is 18.2 Å². The highest BCUT2D eigenvalue weighted by Gasteiger charge is 2.39. The molecule has 138 valence electrons. The number of nitrogens with zero attached hydrogens (tertiary/aromatic N) is 1. The molecule has 0 saturated carbocycles. The number of carbonyl (C=O) groups excluding carboxylic acids is 1. The van der Waals surface area contributed by atoms with Gasteiger partial charge in [-0.2, -0.15) is 4.31 Å². The number of rotatable bonds is 5. The summed E-state index contributed by atoms with van der Waals surface area (Å²) in [6, 6.07) is 11.0. The SMILES string of the molecule is Nc1cccc(CNC(=O)C2CCCN2S(=O)(=O)c2ccc(F)cc2)c1. The van der Waals surface area contributed by atoms with Crippen LogP contribution in [-0.2, 0) is 21.4 Å². The standard InChI is InChI=1S/C18H20FN3O3S/c19-14-6-8-16(9-7-14)26(24,25)22-10-2-5-17(22)18(23)21-12-13-3-1-4-15(20)11-13/h1,3-4,6-9,11,17H,2,5,10,12,20H2,(H,21,23). The van der Waals surface area contributed by atoms with Crippen LogP contribution >= 0.6 is 0 Å². The Morgan fingerprint density at radius 3 is 2.65 bits per heavy atom. The first kappa shape index (κ1) is 18.3. The molecule has 3 rings (SSSR count). The Labute approximate surface area is 151 Å². The molecule has 1 heterocycles. The van der Waals surface area contributed by atoms with Gasteiger partial charge < -0.3 is 11.1 Å². The smallest absolute Gasteiger partial charge is 0.243 e. The van der Waals surface area contributed by atoms with E-state index in [9.17, 15) is 17.6 Å². The number of benzene rings is 2. The minimum absolute atomic E-state index is 0.0190. The quantitative estimate of drug-likeness (QED) is 0.778. The van der Waals surface area contributed by atoms with Gasteiger partial charge in [0.1, 0.15) is 11.9 Å². The van der Waals surface area contributed by atoms with Crippen molar-refractivity contribution >= 4 is 21.6 Å². The lowest BCUT2D eigenvalue weighted by Crippen LogP contribution is -2.45. The Bertz CT molecular complexity index is 900. The van der Waals surface area contributed by atoms with E-state index in [0.29, 0.717) is 18.5 Å². The fourth-order valence-electron chi connectivity index (χ4n) is 3.04. The Morgan fingerprint density at radius 2 is 1.96 bits per heavy atom. The Balaban J connectivity index is 1.72. The molecule has 26 heavy (non-hydrogen) atoms. The molecule has 1 fully saturated rings. The first-order valence-electron chi connectivity index (χ1n) is 8.27. The third-order valence-corrected chi connectivity index (χ3v) is 6.27. The zero-order valence-corrected chi connectivity index (χ0v) is 14.9. The van der Waals surface area contributed by atoms with E-state index < -0.39 is 21.9 Å². The summed E-state index contributed by atoms with van der Waals surface area (Å²) in [5, 5.41) is 2.77. The zero-order chi connectivity index (χ0) is 18.7. The number of nitrogen functional groups attached to an aromatic ring is 1. The minimum Gasteiger partial charge on any atom is -0.399 e. The van der Waals surface area contributed by atoms with Crippen molar-refractivity contribution in [3.63, 3.8) is 0 Å². The van der Waals surface area contributed by atoms with Crippen LogP contribution in [-0.4, -0.2) is 31.2 Å². The molecule has 2 aromatic rings. The molecular formula is C18H20FN3O3S. The highest BCUT2D eigenvalue weighted by Crippen LogP contribution is 2.26. The van der Waals surface area contributed by atoms with Gasteiger partial charge in [-0.25, -0.2) is 12.8 Å². The van der Waals surface area contributed by atoms with Crippen molar-refractivity contribution in [1.29, 1.82) is 0 Å². The highest BCUT2D eigenvalue weighted by molar-refractivity contribution is 7.89. The molecule has 6 nitrogen and oxygen atoms in total. The zero-order valence-electron chi connectivity index (χ0n) is 14.1. The van der Waals surface area contributed by atoms with Crippen molar-refractivity contribution in [3.8, 4) is 0 Å². The number of carbonyl (C=O) groups is 1. The van der Waals surface area contributed by atoms with Crippen LogP contribution in [0.3, 0.4) is 0 Å². The van der Waals surface area contributed by atoms with Gasteiger partial charge in [0, 0.05) is 18.8 Å². The second-order valence-corrected chi connectivity index (χ2v) is 8.08. The monoisotopic (exact) mass is 377 g/mol. The van der Waals surface area contributed by atoms with Crippen molar-refractivity contribution in [1.82, 2.24) is 9.62 Å². The normalized spacial score (nSPS) is 18.0. The number of hydrogen-bond acceptors (Lipinski definition) is 4. The Kier molecular flexibility index (Phi) is 5.24. The molecule has 0 spiro atoms. The molecule has 0 aliphatic carbocycles. The molecule has 1 unspecified atom stereocenters. The molecule has 1 saturated heterocycles. The van der Waals surface area contributed by atoms with Crippen molar-refractivity contribution in [2.24, 2.45) is 0 Å². The number of halogens is 1. The summed E-state index contributed by atoms with van der Waals surface area (Å²) in [4.78, 5) is 12.5. The third-order valence-electron chi connectivity index (χ3n) is 4.34. The molecule has 0 radical (unpaired) electrons. The van der Waals surface area contributed by atoms with E-state index in [4.69, 9.17) is 5.73 Å². The van der Waals surface area contributed by atoms with Crippen LogP contribution in [0.4, 0.5) is 10.1 Å². The number of amides is 1. The molecule has 1 aliphatic rings. The van der Waals surface area contributed by atoms with E-state index in [-0.39, 0.29) is 23.9 Å². The molecule has 1 atom stereocenters. The van der Waals surface area contributed by atoms with Crippen LogP contribution < -0.4 is 11.1 Å². The Hall–Kier alpha value is -2.45. The molecule has 3 N–H and O–H groups in total. The fourth-order valence-corrected chi connectivity index (χ4v) is 4.70. The molecule has 1 aliphatic heterocycles. The Morgan fingerprint density at radius 1 is 1.23 bits per heavy atom. The maximum atomic E-state index is 13.1. The van der Waals surface area contributed by atoms with Gasteiger partial charge in [0.25, 0.3) is 0 Å². The number of hydrogen-bond donors (Lipinski definition) is 2. The lowest BCUT2D eigenvalue weighted by Gasteiger charge is -2.23. The molecule has 2 aromatic carbocycles. The van der Waals surface area contributed by atoms with Gasteiger partial charge in [-0.3, -0.25) is 4.79 Å². The third kappa shape index (κ3) is 3.86. The molecule has 0 aromatic heterocycles. The number of nitrogens with two attached hydrogens (primary N) is 1. The van der Waals surface area contributed by atoms with E-state index in [1.807, 2.05) is 6.07 Å². The van der Waals surface area contributed by atoms with Crippen molar-refractivity contribution in [2.75, 3.05) is 12.3 Å². The predicted molar refractivity (Wildman–Crippen MR) is 96.0 cm³/mol. The molecule has 8 heteroatoms. The summed E-state index contributed by atoms with van der Waals surface area (Å²) in [6.07, 6.45) is 1.04. The average Bonchev–Trinajstić information content (AvgIpc) is 3.11. The van der Waals surface area contributed by atoms with Gasteiger partial charge in [0.15, 0.2) is 0 Å². The highest BCUT2D eigenvalue weighted by atomic mass is 32.2. The van der Waals surface area contributed by atoms with Gasteiger partial charge >= 0.3 is 0 Å². The van der Waals surface area contributed by atoms with Crippen molar-refractivity contribution < 1.29 is 17.6 Å². The van der Waals surface area contributed by atoms with Crippen LogP contribution in [0.25, 0.3) is 0 Å². The largest absolute Gasteiger partial charge is 0.399 e. The first-order valence-corrected chi connectivity index (χ1v) is 9.71. The summed E-state index contributed by atoms with van der Waals surface area (Å²) in [5.41, 5.74) is 7.15. The molecule has 0 bridgehead atoms. The van der Waals surface area contributed by atoms with Crippen LogP contribution in [0, 0.1) is 5.82 Å². The topological polar surface area (TPSA) is 92.5 Å². The fraction of sp³-hybridized carbons (Fsp3) is 0.278. The van der Waals surface area contributed by atoms with Crippen molar-refractivity contribution in [3.05, 3.63) is 59.9 Å². The van der Waals surface area contributed by atoms with Crippen LogP contribution in [0.15, 0.2) is 53.4 Å². The lowest BCUT2D eigenvalue weighted by atomic mass is 10.2. The van der Waals surface area contributed by atoms with Crippen LogP contribution in [0.5, 0.6) is 0 Å². The molecular weight excluding hydrogens is 357 g/mol. The summed E-state index contributed by atoms with van der Waals surface area (Å²) < 4.78 is 39.8. The van der Waals surface area contributed by atoms with E-state index in [0.717, 1.165) is 17.7 Å². The number of sulfonamides is 1. The second kappa shape index (κ2) is 7.43. The lowest BCUT2D eigenvalue weighted by molar-refractivity contribution is -0.124. The first-order chi connectivity index (χ1) is 12.4. The number of anilines is 1. The van der Waals surface area contributed by atoms with Gasteiger partial charge in [-0.1, -0.05) is 12.1 Å². The minimum atomic E-state index is -3.85. The van der Waals surface area contributed by atoms with Crippen LogP contribution in [0.2, 0.25) is 0 Å². The predicted octanol–water partition coefficient (Wildman–Crippen LogP) is 1.88. The van der Waals surface area contributed by atoms with Gasteiger partial charge in [0.2, 0.25) is 15.9 Å². The van der Waals surface area contributed by atoms with E-state index >= 15 is 0 Å². The van der Waals surface area contributed by atoms with Crippen LogP contribution in [0.1, 0.15) is 18.4 Å². The summed E-state index contributed by atoms with van der Waals surface area (Å²) >= 11 is 0. The van der Waals surface area contributed by atoms with E-state index in [2.05, 4.69) is 5.32 Å².